The van der Waals surface area contributed by atoms with Gasteiger partial charge in [0.15, 0.2) is 0 Å². The molecule has 0 spiro atoms. The molecule has 2 aromatic rings. The molecule has 5 heteroatoms. The van der Waals surface area contributed by atoms with Gasteiger partial charge in [-0.15, -0.1) is 0 Å². The Morgan fingerprint density at radius 1 is 1.17 bits per heavy atom. The van der Waals surface area contributed by atoms with Crippen molar-refractivity contribution in [3.8, 4) is 0 Å². The molecular formula is C19H22N4O. The van der Waals surface area contributed by atoms with E-state index in [2.05, 4.69) is 12.1 Å². The second-order valence-corrected chi connectivity index (χ2v) is 6.05. The predicted molar refractivity (Wildman–Crippen MR) is 94.7 cm³/mol. The summed E-state index contributed by atoms with van der Waals surface area (Å²) in [7, 11) is 0. The maximum absolute atomic E-state index is 11.6. The molecule has 2 aromatic carbocycles. The highest BCUT2D eigenvalue weighted by Gasteiger charge is 2.23. The van der Waals surface area contributed by atoms with Crippen molar-refractivity contribution >= 4 is 11.6 Å². The number of amides is 1. The second kappa shape index (κ2) is 6.76. The third-order valence-corrected chi connectivity index (χ3v) is 4.29. The van der Waals surface area contributed by atoms with E-state index in [-0.39, 0.29) is 5.91 Å². The van der Waals surface area contributed by atoms with Crippen LogP contribution in [-0.2, 0) is 24.4 Å². The van der Waals surface area contributed by atoms with Crippen LogP contribution in [-0.4, -0.2) is 15.8 Å². The number of rotatable bonds is 4. The van der Waals surface area contributed by atoms with E-state index in [1.165, 1.54) is 11.1 Å². The Morgan fingerprint density at radius 2 is 1.92 bits per heavy atom. The lowest BCUT2D eigenvalue weighted by atomic mass is 10.0. The van der Waals surface area contributed by atoms with Crippen LogP contribution in [0.25, 0.3) is 5.70 Å². The normalized spacial score (nSPS) is 13.8. The molecule has 1 heterocycles. The zero-order valence-electron chi connectivity index (χ0n) is 13.8. The molecule has 1 amide bonds. The number of hydrogen-bond donors (Lipinski definition) is 2. The monoisotopic (exact) mass is 322 g/mol. The van der Waals surface area contributed by atoms with Gasteiger partial charge in [-0.2, -0.15) is 0 Å². The zero-order chi connectivity index (χ0) is 17.1. The molecule has 3 rings (SSSR count). The molecule has 1 aliphatic rings. The largest absolute Gasteiger partial charge is 0.397 e. The van der Waals surface area contributed by atoms with E-state index < -0.39 is 0 Å². The Morgan fingerprint density at radius 3 is 2.62 bits per heavy atom. The molecule has 24 heavy (non-hydrogen) atoms. The minimum Gasteiger partial charge on any atom is -0.397 e. The molecule has 0 bridgehead atoms. The van der Waals surface area contributed by atoms with Crippen LogP contribution in [0, 0.1) is 0 Å². The summed E-state index contributed by atoms with van der Waals surface area (Å²) in [4.78, 5) is 13.5. The number of benzene rings is 2. The molecule has 1 aliphatic heterocycles. The SMILES string of the molecule is CC(=O)N1Cc2cccc(CN(N)/C=C(\N)c3ccccc3)c2C1. The van der Waals surface area contributed by atoms with Crippen molar-refractivity contribution in [2.24, 2.45) is 11.6 Å². The quantitative estimate of drug-likeness (QED) is 0.668. The van der Waals surface area contributed by atoms with Gasteiger partial charge in [-0.3, -0.25) is 4.79 Å². The van der Waals surface area contributed by atoms with E-state index in [9.17, 15) is 4.79 Å². The first-order valence-corrected chi connectivity index (χ1v) is 7.94. The zero-order valence-corrected chi connectivity index (χ0v) is 13.8. The fraction of sp³-hybridized carbons (Fsp3) is 0.211. The van der Waals surface area contributed by atoms with Crippen LogP contribution in [0.4, 0.5) is 0 Å². The summed E-state index contributed by atoms with van der Waals surface area (Å²) in [5.41, 5.74) is 11.2. The fourth-order valence-electron chi connectivity index (χ4n) is 2.99. The van der Waals surface area contributed by atoms with E-state index in [1.807, 2.05) is 41.3 Å². The van der Waals surface area contributed by atoms with Crippen LogP contribution in [0.5, 0.6) is 0 Å². The van der Waals surface area contributed by atoms with E-state index >= 15 is 0 Å². The molecule has 0 saturated heterocycles. The van der Waals surface area contributed by atoms with E-state index in [1.54, 1.807) is 18.1 Å². The number of nitrogens with two attached hydrogens (primary N) is 2. The van der Waals surface area contributed by atoms with Crippen LogP contribution >= 0.6 is 0 Å². The lowest BCUT2D eigenvalue weighted by molar-refractivity contribution is -0.129. The van der Waals surface area contributed by atoms with Crippen molar-refractivity contribution in [1.29, 1.82) is 0 Å². The molecule has 0 atom stereocenters. The maximum Gasteiger partial charge on any atom is 0.220 e. The van der Waals surface area contributed by atoms with Gasteiger partial charge in [0, 0.05) is 26.2 Å². The topological polar surface area (TPSA) is 75.6 Å². The molecular weight excluding hydrogens is 300 g/mol. The number of fused-ring (bicyclic) bond motifs is 1. The predicted octanol–water partition coefficient (Wildman–Crippen LogP) is 2.18. The minimum absolute atomic E-state index is 0.0926. The smallest absolute Gasteiger partial charge is 0.220 e. The Balaban J connectivity index is 1.76. The van der Waals surface area contributed by atoms with Crippen molar-refractivity contribution in [3.63, 3.8) is 0 Å². The Bertz CT molecular complexity index is 770. The van der Waals surface area contributed by atoms with Crippen molar-refractivity contribution in [2.45, 2.75) is 26.6 Å². The van der Waals surface area contributed by atoms with Crippen LogP contribution in [0.1, 0.15) is 29.2 Å². The summed E-state index contributed by atoms with van der Waals surface area (Å²) in [5, 5.41) is 1.59. The van der Waals surface area contributed by atoms with Gasteiger partial charge in [0.25, 0.3) is 0 Å². The number of nitrogens with zero attached hydrogens (tertiary/aromatic N) is 2. The molecule has 0 aliphatic carbocycles. The van der Waals surface area contributed by atoms with Crippen LogP contribution in [0.15, 0.2) is 54.7 Å². The Labute approximate surface area is 142 Å². The van der Waals surface area contributed by atoms with Crippen LogP contribution in [0.3, 0.4) is 0 Å². The molecule has 0 radical (unpaired) electrons. The van der Waals surface area contributed by atoms with Crippen LogP contribution < -0.4 is 11.6 Å². The van der Waals surface area contributed by atoms with Gasteiger partial charge in [0.2, 0.25) is 5.91 Å². The fourth-order valence-corrected chi connectivity index (χ4v) is 2.99. The van der Waals surface area contributed by atoms with Gasteiger partial charge in [-0.05, 0) is 22.3 Å². The molecule has 0 fully saturated rings. The lowest BCUT2D eigenvalue weighted by Crippen LogP contribution is -2.26. The van der Waals surface area contributed by atoms with Crippen molar-refractivity contribution in [1.82, 2.24) is 9.91 Å². The maximum atomic E-state index is 11.6. The summed E-state index contributed by atoms with van der Waals surface area (Å²) in [5.74, 6) is 6.22. The summed E-state index contributed by atoms with van der Waals surface area (Å²) < 4.78 is 0. The van der Waals surface area contributed by atoms with Gasteiger partial charge in [0.1, 0.15) is 0 Å². The average Bonchev–Trinajstić information content (AvgIpc) is 3.01. The van der Waals surface area contributed by atoms with Gasteiger partial charge in [-0.25, -0.2) is 5.84 Å². The average molecular weight is 322 g/mol. The summed E-state index contributed by atoms with van der Waals surface area (Å²) >= 11 is 0. The molecule has 124 valence electrons. The van der Waals surface area contributed by atoms with Gasteiger partial charge < -0.3 is 15.6 Å². The number of carbonyl (C=O) groups is 1. The summed E-state index contributed by atoms with van der Waals surface area (Å²) in [6.45, 7) is 3.46. The number of carbonyl (C=O) groups excluding carboxylic acids is 1. The lowest BCUT2D eigenvalue weighted by Gasteiger charge is -2.18. The Hall–Kier alpha value is -2.79. The molecule has 5 nitrogen and oxygen atoms in total. The number of hydrazine groups is 1. The molecule has 0 unspecified atom stereocenters. The van der Waals surface area contributed by atoms with E-state index in [0.717, 1.165) is 11.1 Å². The third kappa shape index (κ3) is 3.41. The highest BCUT2D eigenvalue weighted by atomic mass is 16.2. The molecule has 0 aromatic heterocycles. The standard InChI is InChI=1S/C19H22N4O/c1-14(24)22-10-16-8-5-9-17(18(16)12-22)11-23(21)13-19(20)15-6-3-2-4-7-15/h2-9,13H,10-12,20-21H2,1H3/b19-13-. The highest BCUT2D eigenvalue weighted by molar-refractivity contribution is 5.74. The van der Waals surface area contributed by atoms with Crippen molar-refractivity contribution in [3.05, 3.63) is 77.0 Å². The first-order valence-electron chi connectivity index (χ1n) is 7.94. The highest BCUT2D eigenvalue weighted by Crippen LogP contribution is 2.26. The van der Waals surface area contributed by atoms with Crippen molar-refractivity contribution in [2.75, 3.05) is 0 Å². The first kappa shape index (κ1) is 16.1. The number of hydrogen-bond acceptors (Lipinski definition) is 4. The van der Waals surface area contributed by atoms with Gasteiger partial charge in [0.05, 0.1) is 12.2 Å². The Kier molecular flexibility index (Phi) is 4.53. The molecule has 4 N–H and O–H groups in total. The summed E-state index contributed by atoms with van der Waals surface area (Å²) in [6.07, 6.45) is 1.74. The van der Waals surface area contributed by atoms with Crippen molar-refractivity contribution < 1.29 is 4.79 Å². The molecule has 0 saturated carbocycles. The van der Waals surface area contributed by atoms with E-state index in [0.29, 0.717) is 25.3 Å². The summed E-state index contributed by atoms with van der Waals surface area (Å²) in [6, 6.07) is 15.9. The second-order valence-electron chi connectivity index (χ2n) is 6.05. The first-order chi connectivity index (χ1) is 11.5. The third-order valence-electron chi connectivity index (χ3n) is 4.29. The van der Waals surface area contributed by atoms with E-state index in [4.69, 9.17) is 11.6 Å². The van der Waals surface area contributed by atoms with Gasteiger partial charge in [-0.1, -0.05) is 48.5 Å². The van der Waals surface area contributed by atoms with Crippen LogP contribution in [0.2, 0.25) is 0 Å². The van der Waals surface area contributed by atoms with Gasteiger partial charge >= 0.3 is 0 Å². The minimum atomic E-state index is 0.0926.